The zero-order valence-corrected chi connectivity index (χ0v) is 14.7. The van der Waals surface area contributed by atoms with E-state index in [1.165, 1.54) is 0 Å². The Hall–Kier alpha value is -1.24. The standard InChI is InChI=1S/C16H26N2O4S/c1-3-4-6-13(19)18-11-23-9-12(18)14(20)17-8-5-7-16(2,10-17)15(21)22/h12H,3-11H2,1-2H3,(H,21,22). The molecule has 0 bridgehead atoms. The summed E-state index contributed by atoms with van der Waals surface area (Å²) in [6.07, 6.45) is 3.55. The lowest BCUT2D eigenvalue weighted by molar-refractivity contribution is -0.155. The SMILES string of the molecule is CCCCC(=O)N1CSCC1C(=O)N1CCCC(C)(C(=O)O)C1. The van der Waals surface area contributed by atoms with Gasteiger partial charge in [0, 0.05) is 25.3 Å². The van der Waals surface area contributed by atoms with Crippen LogP contribution < -0.4 is 0 Å². The van der Waals surface area contributed by atoms with Crippen LogP contribution in [0, 0.1) is 5.41 Å². The molecule has 2 saturated heterocycles. The van der Waals surface area contributed by atoms with Crippen molar-refractivity contribution in [3.8, 4) is 0 Å². The lowest BCUT2D eigenvalue weighted by Crippen LogP contribution is -2.54. The maximum Gasteiger partial charge on any atom is 0.311 e. The van der Waals surface area contributed by atoms with Crippen LogP contribution in [0.1, 0.15) is 46.0 Å². The molecule has 2 amide bonds. The van der Waals surface area contributed by atoms with Gasteiger partial charge >= 0.3 is 5.97 Å². The molecule has 0 aromatic rings. The zero-order chi connectivity index (χ0) is 17.0. The van der Waals surface area contributed by atoms with Crippen molar-refractivity contribution in [3.63, 3.8) is 0 Å². The summed E-state index contributed by atoms with van der Waals surface area (Å²) in [5.41, 5.74) is -0.878. The second-order valence-electron chi connectivity index (χ2n) is 6.71. The van der Waals surface area contributed by atoms with Crippen LogP contribution in [0.15, 0.2) is 0 Å². The number of hydrogen-bond acceptors (Lipinski definition) is 4. The molecule has 2 atom stereocenters. The highest BCUT2D eigenvalue weighted by molar-refractivity contribution is 7.99. The number of piperidine rings is 1. The van der Waals surface area contributed by atoms with Gasteiger partial charge in [-0.1, -0.05) is 13.3 Å². The van der Waals surface area contributed by atoms with Crippen LogP contribution in [-0.2, 0) is 14.4 Å². The molecule has 2 aliphatic heterocycles. The van der Waals surface area contributed by atoms with Gasteiger partial charge in [0.15, 0.2) is 0 Å². The lowest BCUT2D eigenvalue weighted by Gasteiger charge is -2.39. The predicted molar refractivity (Wildman–Crippen MR) is 89.0 cm³/mol. The van der Waals surface area contributed by atoms with E-state index in [0.717, 1.165) is 12.8 Å². The van der Waals surface area contributed by atoms with Crippen LogP contribution in [0.5, 0.6) is 0 Å². The van der Waals surface area contributed by atoms with Crippen molar-refractivity contribution in [2.45, 2.75) is 52.0 Å². The van der Waals surface area contributed by atoms with Gasteiger partial charge in [-0.15, -0.1) is 11.8 Å². The summed E-state index contributed by atoms with van der Waals surface area (Å²) in [4.78, 5) is 39.9. The number of likely N-dealkylation sites (tertiary alicyclic amines) is 1. The van der Waals surface area contributed by atoms with E-state index >= 15 is 0 Å². The highest BCUT2D eigenvalue weighted by Gasteiger charge is 2.43. The Morgan fingerprint density at radius 3 is 2.74 bits per heavy atom. The molecule has 7 heteroatoms. The Morgan fingerprint density at radius 2 is 2.09 bits per heavy atom. The van der Waals surface area contributed by atoms with E-state index < -0.39 is 17.4 Å². The summed E-state index contributed by atoms with van der Waals surface area (Å²) < 4.78 is 0. The van der Waals surface area contributed by atoms with Crippen LogP contribution >= 0.6 is 11.8 Å². The van der Waals surface area contributed by atoms with Gasteiger partial charge in [-0.3, -0.25) is 14.4 Å². The molecule has 2 heterocycles. The number of carboxylic acid groups (broad SMARTS) is 1. The number of carbonyl (C=O) groups is 3. The molecule has 130 valence electrons. The highest BCUT2D eigenvalue weighted by atomic mass is 32.2. The van der Waals surface area contributed by atoms with E-state index in [-0.39, 0.29) is 18.4 Å². The molecular weight excluding hydrogens is 316 g/mol. The monoisotopic (exact) mass is 342 g/mol. The molecule has 23 heavy (non-hydrogen) atoms. The van der Waals surface area contributed by atoms with Crippen LogP contribution in [-0.4, -0.2) is 63.5 Å². The number of rotatable bonds is 5. The molecule has 0 saturated carbocycles. The molecule has 0 aliphatic carbocycles. The summed E-state index contributed by atoms with van der Waals surface area (Å²) >= 11 is 1.59. The number of unbranched alkanes of at least 4 members (excludes halogenated alkanes) is 1. The Bertz CT molecular complexity index is 485. The molecule has 6 nitrogen and oxygen atoms in total. The van der Waals surface area contributed by atoms with Crippen molar-refractivity contribution in [3.05, 3.63) is 0 Å². The second kappa shape index (κ2) is 7.55. The van der Waals surface area contributed by atoms with E-state index in [2.05, 4.69) is 0 Å². The predicted octanol–water partition coefficient (Wildman–Crippen LogP) is 1.79. The molecule has 0 radical (unpaired) electrons. The highest BCUT2D eigenvalue weighted by Crippen LogP contribution is 2.32. The minimum Gasteiger partial charge on any atom is -0.481 e. The zero-order valence-electron chi connectivity index (χ0n) is 13.9. The van der Waals surface area contributed by atoms with Gasteiger partial charge in [-0.2, -0.15) is 0 Å². The lowest BCUT2D eigenvalue weighted by atomic mass is 9.82. The largest absolute Gasteiger partial charge is 0.481 e. The molecule has 1 N–H and O–H groups in total. The van der Waals surface area contributed by atoms with Crippen molar-refractivity contribution in [2.24, 2.45) is 5.41 Å². The Labute approximate surface area is 141 Å². The maximum atomic E-state index is 12.8. The smallest absolute Gasteiger partial charge is 0.311 e. The Kier molecular flexibility index (Phi) is 5.95. The first-order valence-corrected chi connectivity index (χ1v) is 9.44. The molecule has 0 aromatic carbocycles. The van der Waals surface area contributed by atoms with Gasteiger partial charge in [0.05, 0.1) is 11.3 Å². The van der Waals surface area contributed by atoms with Gasteiger partial charge in [-0.05, 0) is 26.2 Å². The van der Waals surface area contributed by atoms with Gasteiger partial charge in [0.25, 0.3) is 0 Å². The summed E-state index contributed by atoms with van der Waals surface area (Å²) in [7, 11) is 0. The molecule has 0 spiro atoms. The number of carboxylic acids is 1. The van der Waals surface area contributed by atoms with Crippen LogP contribution in [0.3, 0.4) is 0 Å². The van der Waals surface area contributed by atoms with E-state index in [1.54, 1.807) is 28.5 Å². The van der Waals surface area contributed by atoms with Gasteiger partial charge in [0.1, 0.15) is 6.04 Å². The second-order valence-corrected chi connectivity index (χ2v) is 7.71. The first kappa shape index (κ1) is 18.1. The minimum absolute atomic E-state index is 0.0354. The third-order valence-corrected chi connectivity index (χ3v) is 5.77. The van der Waals surface area contributed by atoms with E-state index in [1.807, 2.05) is 6.92 Å². The average molecular weight is 342 g/mol. The molecule has 2 unspecified atom stereocenters. The normalized spacial score (nSPS) is 28.0. The first-order valence-electron chi connectivity index (χ1n) is 8.28. The van der Waals surface area contributed by atoms with Crippen molar-refractivity contribution in [2.75, 3.05) is 24.7 Å². The van der Waals surface area contributed by atoms with Crippen LogP contribution in [0.25, 0.3) is 0 Å². The van der Waals surface area contributed by atoms with Crippen LogP contribution in [0.4, 0.5) is 0 Å². The van der Waals surface area contributed by atoms with Crippen molar-refractivity contribution >= 4 is 29.5 Å². The Morgan fingerprint density at radius 1 is 1.35 bits per heavy atom. The van der Waals surface area contributed by atoms with E-state index in [0.29, 0.717) is 37.4 Å². The maximum absolute atomic E-state index is 12.8. The van der Waals surface area contributed by atoms with E-state index in [9.17, 15) is 19.5 Å². The van der Waals surface area contributed by atoms with Crippen molar-refractivity contribution in [1.82, 2.24) is 9.80 Å². The number of carbonyl (C=O) groups excluding carboxylic acids is 2. The first-order chi connectivity index (χ1) is 10.9. The number of nitrogens with zero attached hydrogens (tertiary/aromatic N) is 2. The fourth-order valence-corrected chi connectivity index (χ4v) is 4.35. The fourth-order valence-electron chi connectivity index (χ4n) is 3.18. The van der Waals surface area contributed by atoms with E-state index in [4.69, 9.17) is 0 Å². The van der Waals surface area contributed by atoms with Gasteiger partial charge in [0.2, 0.25) is 11.8 Å². The fraction of sp³-hybridized carbons (Fsp3) is 0.812. The number of amides is 2. The molecular formula is C16H26N2O4S. The number of aliphatic carboxylic acids is 1. The average Bonchev–Trinajstić information content (AvgIpc) is 3.01. The Balaban J connectivity index is 2.03. The molecule has 0 aromatic heterocycles. The van der Waals surface area contributed by atoms with Crippen LogP contribution in [0.2, 0.25) is 0 Å². The minimum atomic E-state index is -0.878. The van der Waals surface area contributed by atoms with Crippen molar-refractivity contribution in [1.29, 1.82) is 0 Å². The summed E-state index contributed by atoms with van der Waals surface area (Å²) in [6.45, 7) is 4.55. The van der Waals surface area contributed by atoms with Gasteiger partial charge < -0.3 is 14.9 Å². The topological polar surface area (TPSA) is 77.9 Å². The number of thioether (sulfide) groups is 1. The quantitative estimate of drug-likeness (QED) is 0.824. The summed E-state index contributed by atoms with van der Waals surface area (Å²) in [6, 6.07) is -0.430. The molecule has 2 rings (SSSR count). The number of hydrogen-bond donors (Lipinski definition) is 1. The third-order valence-electron chi connectivity index (χ3n) is 4.76. The third kappa shape index (κ3) is 4.00. The summed E-state index contributed by atoms with van der Waals surface area (Å²) in [5, 5.41) is 9.39. The van der Waals surface area contributed by atoms with Gasteiger partial charge in [-0.25, -0.2) is 0 Å². The molecule has 2 aliphatic rings. The molecule has 2 fully saturated rings. The summed E-state index contributed by atoms with van der Waals surface area (Å²) in [5.74, 6) is 0.256. The van der Waals surface area contributed by atoms with Crippen molar-refractivity contribution < 1.29 is 19.5 Å².